The second-order valence-corrected chi connectivity index (χ2v) is 7.96. The van der Waals surface area contributed by atoms with E-state index < -0.39 is 22.7 Å². The van der Waals surface area contributed by atoms with Crippen LogP contribution in [0.1, 0.15) is 6.92 Å². The molecule has 168 valence electrons. The average Bonchev–Trinajstić information content (AvgIpc) is 3.09. The molecule has 0 saturated heterocycles. The number of thioether (sulfide) groups is 1. The Kier molecular flexibility index (Phi) is 7.10. The molecule has 0 fully saturated rings. The molecule has 0 aliphatic heterocycles. The molecule has 0 bridgehead atoms. The van der Waals surface area contributed by atoms with Crippen molar-refractivity contribution in [2.24, 2.45) is 0 Å². The molecular formula is C18H15ClF2N6O4S. The van der Waals surface area contributed by atoms with Gasteiger partial charge in [-0.15, -0.1) is 10.2 Å². The molecule has 2 aromatic carbocycles. The van der Waals surface area contributed by atoms with Crippen molar-refractivity contribution in [1.82, 2.24) is 14.9 Å². The Bertz CT molecular complexity index is 1140. The van der Waals surface area contributed by atoms with Crippen molar-refractivity contribution in [3.05, 3.63) is 57.6 Å². The Morgan fingerprint density at radius 3 is 2.56 bits per heavy atom. The van der Waals surface area contributed by atoms with Gasteiger partial charge in [0.05, 0.1) is 20.9 Å². The number of amides is 1. The van der Waals surface area contributed by atoms with Gasteiger partial charge in [0.15, 0.2) is 5.82 Å². The molecule has 3 rings (SSSR count). The van der Waals surface area contributed by atoms with Crippen LogP contribution in [0.3, 0.4) is 0 Å². The van der Waals surface area contributed by atoms with Gasteiger partial charge < -0.3 is 15.9 Å². The third kappa shape index (κ3) is 5.42. The molecular weight excluding hydrogens is 470 g/mol. The third-order valence-electron chi connectivity index (χ3n) is 4.07. The predicted octanol–water partition coefficient (Wildman–Crippen LogP) is 3.94. The molecule has 1 aromatic heterocycles. The first-order valence-electron chi connectivity index (χ1n) is 8.83. The van der Waals surface area contributed by atoms with Crippen LogP contribution in [0.4, 0.5) is 20.2 Å². The molecule has 0 aliphatic rings. The summed E-state index contributed by atoms with van der Waals surface area (Å²) in [6.45, 7) is -1.33. The zero-order chi connectivity index (χ0) is 23.4. The number of rotatable bonds is 8. The summed E-state index contributed by atoms with van der Waals surface area (Å²) in [6.07, 6.45) is 0. The third-order valence-corrected chi connectivity index (χ3v) is 5.44. The number of ether oxygens (including phenoxy) is 1. The Labute approximate surface area is 188 Å². The molecule has 14 heteroatoms. The van der Waals surface area contributed by atoms with E-state index >= 15 is 0 Å². The lowest BCUT2D eigenvalue weighted by Gasteiger charge is -2.12. The lowest BCUT2D eigenvalue weighted by molar-refractivity contribution is -0.384. The molecule has 0 saturated carbocycles. The summed E-state index contributed by atoms with van der Waals surface area (Å²) >= 11 is 7.01. The number of nitrogen functional groups attached to an aromatic ring is 1. The van der Waals surface area contributed by atoms with Crippen LogP contribution in [0, 0.1) is 10.1 Å². The lowest BCUT2D eigenvalue weighted by Crippen LogP contribution is -2.23. The van der Waals surface area contributed by atoms with E-state index in [1.165, 1.54) is 36.4 Å². The minimum absolute atomic E-state index is 0.0170. The maximum Gasteiger partial charge on any atom is 0.387 e. The molecule has 1 heterocycles. The van der Waals surface area contributed by atoms with Crippen molar-refractivity contribution < 1.29 is 23.2 Å². The Morgan fingerprint density at radius 1 is 1.28 bits per heavy atom. The number of halogens is 3. The highest BCUT2D eigenvalue weighted by Crippen LogP contribution is 2.29. The van der Waals surface area contributed by atoms with Gasteiger partial charge in [-0.2, -0.15) is 8.78 Å². The summed E-state index contributed by atoms with van der Waals surface area (Å²) in [5.74, 6) is 5.82. The standard InChI is InChI=1S/C18H15ClF2N6O4S/c1-9(16(28)23-14-7-4-11(27(29)30)8-13(14)19)32-18-25-24-15(26(18)22)10-2-5-12(6-3-10)31-17(20)21/h2-9,17H,22H2,1H3,(H,23,28). The molecule has 0 aliphatic carbocycles. The van der Waals surface area contributed by atoms with E-state index in [0.717, 1.165) is 22.5 Å². The zero-order valence-corrected chi connectivity index (χ0v) is 17.8. The summed E-state index contributed by atoms with van der Waals surface area (Å²) in [7, 11) is 0. The maximum absolute atomic E-state index is 12.5. The number of nitro groups is 1. The first-order chi connectivity index (χ1) is 15.2. The van der Waals surface area contributed by atoms with Crippen molar-refractivity contribution in [2.45, 2.75) is 23.9 Å². The van der Waals surface area contributed by atoms with Crippen molar-refractivity contribution in [2.75, 3.05) is 11.2 Å². The Morgan fingerprint density at radius 2 is 1.97 bits per heavy atom. The molecule has 10 nitrogen and oxygen atoms in total. The number of hydrogen-bond donors (Lipinski definition) is 2. The second-order valence-electron chi connectivity index (χ2n) is 6.25. The van der Waals surface area contributed by atoms with Crippen LogP contribution in [0.25, 0.3) is 11.4 Å². The van der Waals surface area contributed by atoms with E-state index in [9.17, 15) is 23.7 Å². The quantitative estimate of drug-likeness (QED) is 0.212. The number of hydrogen-bond acceptors (Lipinski definition) is 8. The highest BCUT2D eigenvalue weighted by Gasteiger charge is 2.21. The van der Waals surface area contributed by atoms with Crippen LogP contribution in [0.5, 0.6) is 5.75 Å². The fourth-order valence-corrected chi connectivity index (χ4v) is 3.50. The van der Waals surface area contributed by atoms with Gasteiger partial charge in [-0.05, 0) is 37.3 Å². The van der Waals surface area contributed by atoms with Crippen LogP contribution < -0.4 is 15.9 Å². The predicted molar refractivity (Wildman–Crippen MR) is 114 cm³/mol. The highest BCUT2D eigenvalue weighted by atomic mass is 35.5. The number of aromatic nitrogens is 3. The summed E-state index contributed by atoms with van der Waals surface area (Å²) < 4.78 is 30.0. The molecule has 1 unspecified atom stereocenters. The second kappa shape index (κ2) is 9.78. The monoisotopic (exact) mass is 484 g/mol. The van der Waals surface area contributed by atoms with E-state index in [-0.39, 0.29) is 33.1 Å². The molecule has 32 heavy (non-hydrogen) atoms. The fraction of sp³-hybridized carbons (Fsp3) is 0.167. The van der Waals surface area contributed by atoms with Gasteiger partial charge in [-0.25, -0.2) is 4.68 Å². The number of carbonyl (C=O) groups is 1. The van der Waals surface area contributed by atoms with Gasteiger partial charge in [0.25, 0.3) is 5.69 Å². The number of nitrogens with two attached hydrogens (primary N) is 1. The minimum Gasteiger partial charge on any atom is -0.435 e. The summed E-state index contributed by atoms with van der Waals surface area (Å²) in [4.78, 5) is 22.7. The first kappa shape index (κ1) is 23.2. The summed E-state index contributed by atoms with van der Waals surface area (Å²) in [5.41, 5.74) is 0.520. The first-order valence-corrected chi connectivity index (χ1v) is 10.1. The minimum atomic E-state index is -2.93. The number of non-ortho nitro benzene ring substituents is 1. The average molecular weight is 485 g/mol. The van der Waals surface area contributed by atoms with Crippen LogP contribution >= 0.6 is 23.4 Å². The van der Waals surface area contributed by atoms with Gasteiger partial charge in [0.2, 0.25) is 11.1 Å². The van der Waals surface area contributed by atoms with E-state index in [2.05, 4.69) is 20.3 Å². The van der Waals surface area contributed by atoms with E-state index in [1.807, 2.05) is 0 Å². The van der Waals surface area contributed by atoms with Gasteiger partial charge >= 0.3 is 6.61 Å². The maximum atomic E-state index is 12.5. The number of benzene rings is 2. The fourth-order valence-electron chi connectivity index (χ4n) is 2.50. The van der Waals surface area contributed by atoms with E-state index in [0.29, 0.717) is 5.56 Å². The SMILES string of the molecule is CC(Sc1nnc(-c2ccc(OC(F)F)cc2)n1N)C(=O)Nc1ccc([N+](=O)[O-])cc1Cl. The summed E-state index contributed by atoms with van der Waals surface area (Å²) in [5, 5.41) is 20.9. The molecule has 1 atom stereocenters. The van der Waals surface area contributed by atoms with Crippen LogP contribution in [-0.2, 0) is 4.79 Å². The molecule has 3 N–H and O–H groups in total. The highest BCUT2D eigenvalue weighted by molar-refractivity contribution is 8.00. The Balaban J connectivity index is 1.68. The lowest BCUT2D eigenvalue weighted by atomic mass is 10.2. The number of alkyl halides is 2. The van der Waals surface area contributed by atoms with Gasteiger partial charge in [-0.3, -0.25) is 14.9 Å². The summed E-state index contributed by atoms with van der Waals surface area (Å²) in [6, 6.07) is 9.36. The molecule has 1 amide bonds. The van der Waals surface area contributed by atoms with Gasteiger partial charge in [0, 0.05) is 17.7 Å². The van der Waals surface area contributed by atoms with Crippen molar-refractivity contribution in [1.29, 1.82) is 0 Å². The van der Waals surface area contributed by atoms with Crippen molar-refractivity contribution in [3.63, 3.8) is 0 Å². The zero-order valence-electron chi connectivity index (χ0n) is 16.2. The number of nitrogens with zero attached hydrogens (tertiary/aromatic N) is 4. The normalized spacial score (nSPS) is 11.9. The van der Waals surface area contributed by atoms with Gasteiger partial charge in [-0.1, -0.05) is 23.4 Å². The molecule has 0 radical (unpaired) electrons. The largest absolute Gasteiger partial charge is 0.435 e. The number of nitro benzene ring substituents is 1. The van der Waals surface area contributed by atoms with Crippen LogP contribution in [0.2, 0.25) is 5.02 Å². The number of carbonyl (C=O) groups excluding carboxylic acids is 1. The smallest absolute Gasteiger partial charge is 0.387 e. The number of anilines is 1. The van der Waals surface area contributed by atoms with E-state index in [4.69, 9.17) is 17.4 Å². The van der Waals surface area contributed by atoms with E-state index in [1.54, 1.807) is 6.92 Å². The van der Waals surface area contributed by atoms with Crippen molar-refractivity contribution in [3.8, 4) is 17.1 Å². The Hall–Kier alpha value is -3.45. The van der Waals surface area contributed by atoms with Crippen molar-refractivity contribution >= 4 is 40.6 Å². The van der Waals surface area contributed by atoms with Crippen LogP contribution in [-0.4, -0.2) is 37.6 Å². The topological polar surface area (TPSA) is 138 Å². The van der Waals surface area contributed by atoms with Crippen LogP contribution in [0.15, 0.2) is 47.6 Å². The molecule has 3 aromatic rings. The molecule has 0 spiro atoms. The number of nitrogens with one attached hydrogen (secondary N) is 1. The van der Waals surface area contributed by atoms with Gasteiger partial charge in [0.1, 0.15) is 5.75 Å².